The van der Waals surface area contributed by atoms with Gasteiger partial charge in [0, 0.05) is 13.1 Å². The lowest BCUT2D eigenvalue weighted by Crippen LogP contribution is -2.45. The first kappa shape index (κ1) is 11.0. The molecule has 1 N–H and O–H groups in total. The first-order valence-electron chi connectivity index (χ1n) is 4.95. The third kappa shape index (κ3) is 2.99. The third-order valence-corrected chi connectivity index (χ3v) is 2.08. The van der Waals surface area contributed by atoms with Crippen LogP contribution in [0.5, 0.6) is 0 Å². The highest BCUT2D eigenvalue weighted by molar-refractivity contribution is 5.98. The number of carbonyl (C=O) groups is 1. The Hall–Kier alpha value is -1.10. The fourth-order valence-electron chi connectivity index (χ4n) is 1.25. The molecule has 1 rings (SSSR count). The van der Waals surface area contributed by atoms with Crippen molar-refractivity contribution in [1.82, 2.24) is 10.2 Å². The van der Waals surface area contributed by atoms with Crippen molar-refractivity contribution in [3.05, 3.63) is 0 Å². The number of urea groups is 1. The van der Waals surface area contributed by atoms with Gasteiger partial charge < -0.3 is 9.64 Å². The van der Waals surface area contributed by atoms with Crippen LogP contribution < -0.4 is 5.32 Å². The molecule has 0 aromatic carbocycles. The molecule has 0 spiro atoms. The Kier molecular flexibility index (Phi) is 4.39. The lowest BCUT2D eigenvalue weighted by Gasteiger charge is -2.21. The van der Waals surface area contributed by atoms with E-state index in [0.717, 1.165) is 0 Å². The number of amidine groups is 1. The van der Waals surface area contributed by atoms with Gasteiger partial charge in [-0.1, -0.05) is 0 Å². The van der Waals surface area contributed by atoms with E-state index in [0.29, 0.717) is 38.7 Å². The second-order valence-electron chi connectivity index (χ2n) is 2.98. The fourth-order valence-corrected chi connectivity index (χ4v) is 1.25. The summed E-state index contributed by atoms with van der Waals surface area (Å²) in [5, 5.41) is 2.73. The van der Waals surface area contributed by atoms with Crippen LogP contribution in [0, 0.1) is 0 Å². The molecule has 5 heteroatoms. The summed E-state index contributed by atoms with van der Waals surface area (Å²) in [7, 11) is 0. The molecule has 0 atom stereocenters. The molecule has 2 amide bonds. The standard InChI is InChI=1S/C9H17N3O2/c1-3-12(4-2)9(13)11-8-7-14-6-5-10-8/h3-7H2,1-2H3,(H,10,11,13). The normalized spacial score (nSPS) is 16.0. The number of hydrogen-bond donors (Lipinski definition) is 1. The van der Waals surface area contributed by atoms with Gasteiger partial charge in [-0.05, 0) is 13.8 Å². The van der Waals surface area contributed by atoms with Gasteiger partial charge in [-0.25, -0.2) is 4.79 Å². The number of nitrogens with zero attached hydrogens (tertiary/aromatic N) is 2. The fraction of sp³-hybridized carbons (Fsp3) is 0.778. The van der Waals surface area contributed by atoms with E-state index in [1.54, 1.807) is 4.90 Å². The Bertz CT molecular complexity index is 224. The quantitative estimate of drug-likeness (QED) is 0.702. The minimum absolute atomic E-state index is 0.0979. The maximum atomic E-state index is 11.6. The van der Waals surface area contributed by atoms with Gasteiger partial charge in [0.2, 0.25) is 0 Å². The van der Waals surface area contributed by atoms with Gasteiger partial charge in [-0.15, -0.1) is 0 Å². The predicted octanol–water partition coefficient (Wildman–Crippen LogP) is 0.466. The molecule has 14 heavy (non-hydrogen) atoms. The van der Waals surface area contributed by atoms with Crippen LogP contribution in [0.3, 0.4) is 0 Å². The number of hydrogen-bond acceptors (Lipinski definition) is 3. The van der Waals surface area contributed by atoms with Crippen molar-refractivity contribution < 1.29 is 9.53 Å². The molecule has 0 aromatic heterocycles. The van der Waals surface area contributed by atoms with Crippen LogP contribution in [-0.2, 0) is 4.74 Å². The summed E-state index contributed by atoms with van der Waals surface area (Å²) in [6.07, 6.45) is 0. The molecular weight excluding hydrogens is 182 g/mol. The molecule has 0 aliphatic carbocycles. The van der Waals surface area contributed by atoms with E-state index in [-0.39, 0.29) is 6.03 Å². The van der Waals surface area contributed by atoms with Crippen LogP contribution in [0.4, 0.5) is 4.79 Å². The van der Waals surface area contributed by atoms with Crippen molar-refractivity contribution in [2.24, 2.45) is 4.99 Å². The summed E-state index contributed by atoms with van der Waals surface area (Å²) in [6.45, 7) is 6.99. The molecule has 0 saturated carbocycles. The van der Waals surface area contributed by atoms with Crippen LogP contribution in [0.1, 0.15) is 13.8 Å². The molecule has 80 valence electrons. The number of ether oxygens (including phenoxy) is 1. The van der Waals surface area contributed by atoms with Gasteiger partial charge in [0.1, 0.15) is 12.4 Å². The molecule has 5 nitrogen and oxygen atoms in total. The highest BCUT2D eigenvalue weighted by atomic mass is 16.5. The SMILES string of the molecule is CCN(CC)C(=O)NC1=NCCOC1. The Balaban J connectivity index is 2.42. The van der Waals surface area contributed by atoms with Gasteiger partial charge >= 0.3 is 6.03 Å². The smallest absolute Gasteiger partial charge is 0.322 e. The first-order chi connectivity index (χ1) is 6.77. The van der Waals surface area contributed by atoms with Crippen molar-refractivity contribution in [2.45, 2.75) is 13.8 Å². The maximum absolute atomic E-state index is 11.6. The Morgan fingerprint density at radius 1 is 1.57 bits per heavy atom. The molecule has 0 saturated heterocycles. The van der Waals surface area contributed by atoms with Crippen LogP contribution >= 0.6 is 0 Å². The molecule has 1 heterocycles. The predicted molar refractivity (Wildman–Crippen MR) is 54.6 cm³/mol. The molecular formula is C9H17N3O2. The van der Waals surface area contributed by atoms with Crippen molar-refractivity contribution in [2.75, 3.05) is 32.8 Å². The second kappa shape index (κ2) is 5.59. The van der Waals surface area contributed by atoms with Gasteiger partial charge in [0.15, 0.2) is 0 Å². The van der Waals surface area contributed by atoms with Crippen LogP contribution in [0.25, 0.3) is 0 Å². The molecule has 0 unspecified atom stereocenters. The van der Waals surface area contributed by atoms with E-state index in [9.17, 15) is 4.79 Å². The topological polar surface area (TPSA) is 53.9 Å². The molecule has 0 bridgehead atoms. The monoisotopic (exact) mass is 199 g/mol. The highest BCUT2D eigenvalue weighted by Gasteiger charge is 2.13. The van der Waals surface area contributed by atoms with E-state index in [1.807, 2.05) is 13.8 Å². The largest absolute Gasteiger partial charge is 0.372 e. The first-order valence-corrected chi connectivity index (χ1v) is 4.95. The highest BCUT2D eigenvalue weighted by Crippen LogP contribution is 1.92. The van der Waals surface area contributed by atoms with E-state index < -0.39 is 0 Å². The summed E-state index contributed by atoms with van der Waals surface area (Å²) >= 11 is 0. The number of nitrogens with one attached hydrogen (secondary N) is 1. The minimum Gasteiger partial charge on any atom is -0.372 e. The van der Waals surface area contributed by atoms with Crippen molar-refractivity contribution >= 4 is 11.9 Å². The van der Waals surface area contributed by atoms with Crippen molar-refractivity contribution in [3.63, 3.8) is 0 Å². The van der Waals surface area contributed by atoms with Gasteiger partial charge in [0.25, 0.3) is 0 Å². The van der Waals surface area contributed by atoms with Gasteiger partial charge in [-0.3, -0.25) is 10.3 Å². The van der Waals surface area contributed by atoms with Crippen LogP contribution in [0.2, 0.25) is 0 Å². The number of rotatable bonds is 2. The van der Waals surface area contributed by atoms with Crippen LogP contribution in [0.15, 0.2) is 4.99 Å². The molecule has 1 aliphatic heterocycles. The van der Waals surface area contributed by atoms with Crippen molar-refractivity contribution in [1.29, 1.82) is 0 Å². The lowest BCUT2D eigenvalue weighted by atomic mass is 10.5. The summed E-state index contributed by atoms with van der Waals surface area (Å²) < 4.78 is 5.17. The molecule has 1 aliphatic rings. The number of carbonyl (C=O) groups excluding carboxylic acids is 1. The average Bonchev–Trinajstić information content (AvgIpc) is 2.21. The zero-order chi connectivity index (χ0) is 10.4. The molecule has 0 aromatic rings. The van der Waals surface area contributed by atoms with E-state index in [1.165, 1.54) is 0 Å². The van der Waals surface area contributed by atoms with Crippen molar-refractivity contribution in [3.8, 4) is 0 Å². The molecule has 0 radical (unpaired) electrons. The third-order valence-electron chi connectivity index (χ3n) is 2.08. The number of aliphatic imine (C=N–C) groups is 1. The zero-order valence-corrected chi connectivity index (χ0v) is 8.75. The Morgan fingerprint density at radius 2 is 2.29 bits per heavy atom. The molecule has 0 fully saturated rings. The van der Waals surface area contributed by atoms with E-state index in [4.69, 9.17) is 4.74 Å². The van der Waals surface area contributed by atoms with E-state index in [2.05, 4.69) is 10.3 Å². The summed E-state index contributed by atoms with van der Waals surface area (Å²) in [6, 6.07) is -0.0979. The number of amides is 2. The summed E-state index contributed by atoms with van der Waals surface area (Å²) in [4.78, 5) is 17.4. The van der Waals surface area contributed by atoms with E-state index >= 15 is 0 Å². The maximum Gasteiger partial charge on any atom is 0.322 e. The van der Waals surface area contributed by atoms with Crippen LogP contribution in [-0.4, -0.2) is 49.6 Å². The zero-order valence-electron chi connectivity index (χ0n) is 8.75. The minimum atomic E-state index is -0.0979. The summed E-state index contributed by atoms with van der Waals surface area (Å²) in [5.41, 5.74) is 0. The lowest BCUT2D eigenvalue weighted by molar-refractivity contribution is 0.166. The Labute approximate surface area is 84.1 Å². The summed E-state index contributed by atoms with van der Waals surface area (Å²) in [5.74, 6) is 0.633. The second-order valence-corrected chi connectivity index (χ2v) is 2.98. The van der Waals surface area contributed by atoms with Gasteiger partial charge in [-0.2, -0.15) is 0 Å². The van der Waals surface area contributed by atoms with Gasteiger partial charge in [0.05, 0.1) is 13.2 Å². The Morgan fingerprint density at radius 3 is 2.79 bits per heavy atom. The average molecular weight is 199 g/mol.